The van der Waals surface area contributed by atoms with Crippen molar-refractivity contribution in [3.8, 4) is 0 Å². The van der Waals surface area contributed by atoms with E-state index in [0.717, 1.165) is 0 Å². The zero-order valence-electron chi connectivity index (χ0n) is 19.5. The lowest BCUT2D eigenvalue weighted by atomic mass is 9.78. The Morgan fingerprint density at radius 2 is 1.75 bits per heavy atom. The lowest BCUT2D eigenvalue weighted by molar-refractivity contribution is -0.185. The van der Waals surface area contributed by atoms with Crippen LogP contribution < -0.4 is 0 Å². The summed E-state index contributed by atoms with van der Waals surface area (Å²) in [6.07, 6.45) is -7.82. The molecule has 204 valence electrons. The van der Waals surface area contributed by atoms with Gasteiger partial charge in [0.2, 0.25) is 6.29 Å². The van der Waals surface area contributed by atoms with Gasteiger partial charge in [0.25, 0.3) is 0 Å². The van der Waals surface area contributed by atoms with Crippen molar-refractivity contribution in [2.24, 2.45) is 11.8 Å². The van der Waals surface area contributed by atoms with Crippen LogP contribution in [0.3, 0.4) is 0 Å². The minimum Gasteiger partial charge on any atom is -0.455 e. The highest BCUT2D eigenvalue weighted by molar-refractivity contribution is 7.86. The van der Waals surface area contributed by atoms with Crippen molar-refractivity contribution < 1.29 is 69.4 Å². The van der Waals surface area contributed by atoms with E-state index >= 15 is 0 Å². The first-order valence-corrected chi connectivity index (χ1v) is 12.5. The van der Waals surface area contributed by atoms with Gasteiger partial charge in [-0.3, -0.25) is 23.7 Å². The van der Waals surface area contributed by atoms with Gasteiger partial charge in [-0.1, -0.05) is 13.3 Å². The minimum atomic E-state index is -5.84. The highest BCUT2D eigenvalue weighted by Gasteiger charge is 2.72. The molecular weight excluding hydrogens is 518 g/mol. The number of hydrogen-bond donors (Lipinski definition) is 1. The van der Waals surface area contributed by atoms with E-state index < -0.39 is 101 Å². The van der Waals surface area contributed by atoms with E-state index in [4.69, 9.17) is 28.2 Å². The Labute approximate surface area is 204 Å². The zero-order chi connectivity index (χ0) is 27.0. The fourth-order valence-electron chi connectivity index (χ4n) is 4.36. The lowest BCUT2D eigenvalue weighted by Crippen LogP contribution is -2.48. The van der Waals surface area contributed by atoms with E-state index in [1.165, 1.54) is 7.11 Å². The zero-order valence-corrected chi connectivity index (χ0v) is 20.3. The molecule has 3 rings (SSSR count). The highest BCUT2D eigenvalue weighted by Crippen LogP contribution is 2.51. The standard InChI is InChI=1S/C20H26F2O13S/c1-4-5-11(30-3)33-18(25)12-13-15-17(35-19(13)26)16(14(12)34-15)32-10(24)7-6-9(23)31-8(2)20(21,22)36(27,28)29/h8,11-17H,4-7H2,1-3H3,(H,27,28,29). The number of halogens is 2. The first kappa shape index (κ1) is 28.1. The van der Waals surface area contributed by atoms with Gasteiger partial charge < -0.3 is 28.4 Å². The number of esters is 4. The average Bonchev–Trinajstić information content (AvgIpc) is 3.40. The van der Waals surface area contributed by atoms with Crippen LogP contribution in [0.25, 0.3) is 0 Å². The van der Waals surface area contributed by atoms with Gasteiger partial charge >= 0.3 is 39.2 Å². The highest BCUT2D eigenvalue weighted by atomic mass is 32.2. The molecule has 3 aliphatic heterocycles. The number of carbonyl (C=O) groups excluding carboxylic acids is 4. The van der Waals surface area contributed by atoms with Crippen molar-refractivity contribution in [1.82, 2.24) is 0 Å². The van der Waals surface area contributed by atoms with E-state index in [1.807, 2.05) is 6.92 Å². The summed E-state index contributed by atoms with van der Waals surface area (Å²) in [6, 6.07) is 0. The Morgan fingerprint density at radius 1 is 1.11 bits per heavy atom. The van der Waals surface area contributed by atoms with Crippen LogP contribution in [0.4, 0.5) is 8.78 Å². The quantitative estimate of drug-likeness (QED) is 0.154. The Kier molecular flexibility index (Phi) is 8.22. The van der Waals surface area contributed by atoms with E-state index in [2.05, 4.69) is 4.74 Å². The third kappa shape index (κ3) is 5.31. The maximum Gasteiger partial charge on any atom is 0.405 e. The van der Waals surface area contributed by atoms with Crippen LogP contribution in [-0.2, 0) is 57.7 Å². The van der Waals surface area contributed by atoms with Gasteiger partial charge in [-0.15, -0.1) is 0 Å². The summed E-state index contributed by atoms with van der Waals surface area (Å²) in [5.74, 6) is -5.94. The summed E-state index contributed by atoms with van der Waals surface area (Å²) in [5.41, 5.74) is 0. The van der Waals surface area contributed by atoms with Crippen molar-refractivity contribution in [3.05, 3.63) is 0 Å². The van der Waals surface area contributed by atoms with Gasteiger partial charge in [-0.2, -0.15) is 17.2 Å². The molecule has 0 aromatic heterocycles. The summed E-state index contributed by atoms with van der Waals surface area (Å²) in [4.78, 5) is 49.2. The molecule has 36 heavy (non-hydrogen) atoms. The Bertz CT molecular complexity index is 1000. The summed E-state index contributed by atoms with van der Waals surface area (Å²) in [7, 11) is -4.49. The number of carbonyl (C=O) groups is 4. The summed E-state index contributed by atoms with van der Waals surface area (Å²) < 4.78 is 87.9. The third-order valence-corrected chi connectivity index (χ3v) is 7.16. The number of alkyl halides is 2. The smallest absolute Gasteiger partial charge is 0.405 e. The van der Waals surface area contributed by atoms with Gasteiger partial charge in [-0.25, -0.2) is 0 Å². The lowest BCUT2D eigenvalue weighted by Gasteiger charge is -2.28. The van der Waals surface area contributed by atoms with E-state index in [1.54, 1.807) is 0 Å². The molecule has 0 aromatic carbocycles. The van der Waals surface area contributed by atoms with Crippen LogP contribution in [0, 0.1) is 11.8 Å². The predicted octanol–water partition coefficient (Wildman–Crippen LogP) is 0.345. The van der Waals surface area contributed by atoms with Gasteiger partial charge in [0.1, 0.15) is 24.0 Å². The van der Waals surface area contributed by atoms with Crippen LogP contribution in [0.2, 0.25) is 0 Å². The van der Waals surface area contributed by atoms with Crippen LogP contribution in [-0.4, -0.2) is 86.0 Å². The van der Waals surface area contributed by atoms with E-state index in [9.17, 15) is 36.4 Å². The molecule has 0 amide bonds. The number of ether oxygens (including phenoxy) is 6. The van der Waals surface area contributed by atoms with E-state index in [-0.39, 0.29) is 0 Å². The molecule has 0 saturated carbocycles. The third-order valence-electron chi connectivity index (χ3n) is 6.14. The molecule has 0 spiro atoms. The molecule has 3 saturated heterocycles. The number of methoxy groups -OCH3 is 1. The van der Waals surface area contributed by atoms with Gasteiger partial charge in [0.15, 0.2) is 18.3 Å². The normalized spacial score (nSPS) is 30.4. The molecule has 3 aliphatic rings. The average molecular weight is 544 g/mol. The maximum atomic E-state index is 13.5. The van der Waals surface area contributed by atoms with Crippen LogP contribution >= 0.6 is 0 Å². The van der Waals surface area contributed by atoms with Crippen molar-refractivity contribution in [1.29, 1.82) is 0 Å². The number of hydrogen-bond acceptors (Lipinski definition) is 12. The summed E-state index contributed by atoms with van der Waals surface area (Å²) in [5, 5.41) is -4.75. The predicted molar refractivity (Wildman–Crippen MR) is 108 cm³/mol. The van der Waals surface area contributed by atoms with Gasteiger partial charge in [0, 0.05) is 13.5 Å². The second-order valence-corrected chi connectivity index (χ2v) is 10.0. The van der Waals surface area contributed by atoms with Crippen molar-refractivity contribution in [2.75, 3.05) is 7.11 Å². The second-order valence-electron chi connectivity index (χ2n) is 8.53. The Balaban J connectivity index is 1.58. The topological polar surface area (TPSA) is 178 Å². The van der Waals surface area contributed by atoms with Crippen molar-refractivity contribution >= 4 is 34.0 Å². The Morgan fingerprint density at radius 3 is 2.33 bits per heavy atom. The SMILES string of the molecule is CCCC(OC)OC(=O)C1C2OC3C(OC(=O)C31)C2OC(=O)CCC(=O)OC(C)C(F)(F)S(=O)(=O)O. The Hall–Kier alpha value is -2.43. The molecule has 0 aromatic rings. The van der Waals surface area contributed by atoms with Crippen LogP contribution in [0.15, 0.2) is 0 Å². The fourth-order valence-corrected chi connectivity index (χ4v) is 4.82. The molecule has 8 atom stereocenters. The van der Waals surface area contributed by atoms with Crippen molar-refractivity contribution in [3.63, 3.8) is 0 Å². The van der Waals surface area contributed by atoms with Gasteiger partial charge in [-0.05, 0) is 6.92 Å². The molecule has 2 bridgehead atoms. The van der Waals surface area contributed by atoms with Crippen LogP contribution in [0.5, 0.6) is 0 Å². The molecule has 0 radical (unpaired) electrons. The van der Waals surface area contributed by atoms with E-state index in [0.29, 0.717) is 19.8 Å². The summed E-state index contributed by atoms with van der Waals surface area (Å²) >= 11 is 0. The molecule has 3 fully saturated rings. The van der Waals surface area contributed by atoms with Crippen molar-refractivity contribution in [2.45, 2.75) is 81.6 Å². The van der Waals surface area contributed by atoms with Crippen LogP contribution in [0.1, 0.15) is 39.5 Å². The molecule has 8 unspecified atom stereocenters. The molecule has 3 heterocycles. The molecule has 0 aliphatic carbocycles. The first-order chi connectivity index (χ1) is 16.7. The minimum absolute atomic E-state index is 0.408. The maximum absolute atomic E-state index is 13.5. The molecule has 13 nitrogen and oxygen atoms in total. The number of fused-ring (bicyclic) bond motifs is 1. The molecule has 1 N–H and O–H groups in total. The summed E-state index contributed by atoms with van der Waals surface area (Å²) in [6.45, 7) is 2.40. The largest absolute Gasteiger partial charge is 0.455 e. The monoisotopic (exact) mass is 544 g/mol. The van der Waals surface area contributed by atoms with Gasteiger partial charge in [0.05, 0.1) is 12.8 Å². The molecular formula is C20H26F2O13S. The molecule has 16 heteroatoms. The fraction of sp³-hybridized carbons (Fsp3) is 0.800. The second kappa shape index (κ2) is 10.5. The number of rotatable bonds is 12. The first-order valence-electron chi connectivity index (χ1n) is 11.1.